The highest BCUT2D eigenvalue weighted by molar-refractivity contribution is 5.54. The van der Waals surface area contributed by atoms with E-state index in [9.17, 15) is 19.8 Å². The number of quaternary nitrogens is 2. The Bertz CT molecular complexity index is 199. The Morgan fingerprint density at radius 1 is 0.682 bits per heavy atom. The second kappa shape index (κ2) is 42.8. The van der Waals surface area contributed by atoms with Gasteiger partial charge in [0.15, 0.2) is 0 Å². The van der Waals surface area contributed by atoms with Gasteiger partial charge in [0.2, 0.25) is 0 Å². The largest absolute Gasteiger partial charge is 0.547 e. The normalized spacial score (nSPS) is 6.27. The molecule has 0 aromatic carbocycles. The van der Waals surface area contributed by atoms with Crippen molar-refractivity contribution >= 4 is 12.3 Å². The monoisotopic (exact) mass is 326 g/mol. The van der Waals surface area contributed by atoms with E-state index in [0.29, 0.717) is 0 Å². The van der Waals surface area contributed by atoms with Gasteiger partial charge in [0.05, 0.1) is 0 Å². The minimum absolute atomic E-state index is 0. The third kappa shape index (κ3) is 152. The zero-order valence-electron chi connectivity index (χ0n) is 14.8. The van der Waals surface area contributed by atoms with E-state index < -0.39 is 12.3 Å². The number of ether oxygens (including phenoxy) is 2. The first kappa shape index (κ1) is 42.7. The third-order valence-electron chi connectivity index (χ3n) is 0.664. The molecule has 0 amide bonds. The van der Waals surface area contributed by atoms with E-state index in [4.69, 9.17) is 0 Å². The summed E-state index contributed by atoms with van der Waals surface area (Å²) >= 11 is 0. The van der Waals surface area contributed by atoms with Gasteiger partial charge in [0, 0.05) is 12.2 Å². The van der Waals surface area contributed by atoms with Crippen molar-refractivity contribution in [1.82, 2.24) is 12.3 Å². The van der Waals surface area contributed by atoms with Crippen LogP contribution < -0.4 is 22.5 Å². The number of carbonyl (C=O) groups is 2. The minimum Gasteiger partial charge on any atom is -0.547 e. The van der Waals surface area contributed by atoms with Gasteiger partial charge in [0.1, 0.15) is 0 Å². The zero-order valence-corrected chi connectivity index (χ0v) is 14.8. The molecule has 0 rings (SSSR count). The SMILES string of the molecule is C=C.C=C.C=C.CC(C)OC(=O)[O-].CC(C)OC(=O)[O-].[NH4+].[NH4+]. The van der Waals surface area contributed by atoms with Crippen molar-refractivity contribution in [3.05, 3.63) is 39.5 Å². The maximum Gasteiger partial charge on any atom is 0.252 e. The quantitative estimate of drug-likeness (QED) is 0.582. The summed E-state index contributed by atoms with van der Waals surface area (Å²) in [6.07, 6.45) is -3.50. The predicted octanol–water partition coefficient (Wildman–Crippen LogP) is 2.67. The number of rotatable bonds is 2. The van der Waals surface area contributed by atoms with Crippen LogP contribution in [-0.4, -0.2) is 24.5 Å². The highest BCUT2D eigenvalue weighted by Gasteiger charge is 1.86. The van der Waals surface area contributed by atoms with E-state index >= 15 is 0 Å². The van der Waals surface area contributed by atoms with Gasteiger partial charge in [-0.15, -0.1) is 39.5 Å². The molecule has 0 aromatic rings. The second-order valence-corrected chi connectivity index (χ2v) is 2.83. The van der Waals surface area contributed by atoms with Gasteiger partial charge >= 0.3 is 0 Å². The Morgan fingerprint density at radius 3 is 0.818 bits per heavy atom. The summed E-state index contributed by atoms with van der Waals surface area (Å²) in [4.78, 5) is 19.0. The van der Waals surface area contributed by atoms with Crippen LogP contribution in [0, 0.1) is 0 Å². The topological polar surface area (TPSA) is 172 Å². The molecule has 8 nitrogen and oxygen atoms in total. The fraction of sp³-hybridized carbons (Fsp3) is 0.429. The maximum atomic E-state index is 9.48. The van der Waals surface area contributed by atoms with Crippen molar-refractivity contribution in [3.8, 4) is 0 Å². The molecule has 136 valence electrons. The fourth-order valence-electron chi connectivity index (χ4n) is 0.385. The molecule has 0 aliphatic carbocycles. The van der Waals surface area contributed by atoms with Crippen LogP contribution in [0.1, 0.15) is 27.7 Å². The highest BCUT2D eigenvalue weighted by Crippen LogP contribution is 1.83. The molecule has 22 heavy (non-hydrogen) atoms. The standard InChI is InChI=1S/2C4H8O3.3C2H4.2H3N/c2*1-3(2)7-4(5)6;3*1-2;;/h2*3H,1-2H3,(H,5,6);3*1-2H2;2*1H3. The van der Waals surface area contributed by atoms with Crippen molar-refractivity contribution in [1.29, 1.82) is 0 Å². The summed E-state index contributed by atoms with van der Waals surface area (Å²) in [5.41, 5.74) is 0. The number of hydrogen-bond donors (Lipinski definition) is 2. The summed E-state index contributed by atoms with van der Waals surface area (Å²) in [7, 11) is 0. The summed E-state index contributed by atoms with van der Waals surface area (Å²) in [5.74, 6) is 0. The lowest BCUT2D eigenvalue weighted by molar-refractivity contribution is -0.287. The van der Waals surface area contributed by atoms with Gasteiger partial charge in [-0.25, -0.2) is 0 Å². The Kier molecular flexibility index (Phi) is 83.1. The molecule has 8 N–H and O–H groups in total. The minimum atomic E-state index is -1.46. The van der Waals surface area contributed by atoms with E-state index in [1.54, 1.807) is 27.7 Å². The molecule has 8 heteroatoms. The predicted molar refractivity (Wildman–Crippen MR) is 89.0 cm³/mol. The average molecular weight is 326 g/mol. The van der Waals surface area contributed by atoms with Crippen LogP contribution in [0.2, 0.25) is 0 Å². The third-order valence-corrected chi connectivity index (χ3v) is 0.664. The Hall–Kier alpha value is -2.32. The molecule has 0 saturated heterocycles. The van der Waals surface area contributed by atoms with Gasteiger partial charge in [-0.05, 0) is 27.7 Å². The van der Waals surface area contributed by atoms with Crippen LogP contribution in [-0.2, 0) is 9.47 Å². The van der Waals surface area contributed by atoms with E-state index in [1.165, 1.54) is 0 Å². The van der Waals surface area contributed by atoms with Gasteiger partial charge < -0.3 is 41.6 Å². The van der Waals surface area contributed by atoms with Crippen molar-refractivity contribution in [2.45, 2.75) is 39.9 Å². The number of carbonyl (C=O) groups excluding carboxylic acids is 2. The molecule has 0 aromatic heterocycles. The maximum absolute atomic E-state index is 9.48. The summed E-state index contributed by atoms with van der Waals surface area (Å²) in [6.45, 7) is 24.5. The fourth-order valence-corrected chi connectivity index (χ4v) is 0.385. The summed E-state index contributed by atoms with van der Waals surface area (Å²) < 4.78 is 8.11. The molecule has 0 atom stereocenters. The molecule has 0 aliphatic rings. The molecular weight excluding hydrogens is 292 g/mol. The first-order valence-corrected chi connectivity index (χ1v) is 5.51. The van der Waals surface area contributed by atoms with Crippen LogP contribution in [0.15, 0.2) is 39.5 Å². The molecule has 0 fully saturated rings. The van der Waals surface area contributed by atoms with Crippen LogP contribution in [0.25, 0.3) is 0 Å². The zero-order chi connectivity index (χ0) is 17.7. The summed E-state index contributed by atoms with van der Waals surface area (Å²) in [5, 5.41) is 19.0. The lowest BCUT2D eigenvalue weighted by Gasteiger charge is -2.10. The van der Waals surface area contributed by atoms with Crippen LogP contribution >= 0.6 is 0 Å². The molecule has 0 heterocycles. The molecule has 0 spiro atoms. The van der Waals surface area contributed by atoms with E-state index in [2.05, 4.69) is 48.9 Å². The van der Waals surface area contributed by atoms with Crippen LogP contribution in [0.5, 0.6) is 0 Å². The lowest BCUT2D eigenvalue weighted by Crippen LogP contribution is -2.26. The van der Waals surface area contributed by atoms with Gasteiger partial charge in [-0.3, -0.25) is 0 Å². The Labute approximate surface area is 134 Å². The molecule has 0 aliphatic heterocycles. The van der Waals surface area contributed by atoms with E-state index in [-0.39, 0.29) is 24.5 Å². The smallest absolute Gasteiger partial charge is 0.252 e. The van der Waals surface area contributed by atoms with Crippen LogP contribution in [0.3, 0.4) is 0 Å². The van der Waals surface area contributed by atoms with Gasteiger partial charge in [-0.2, -0.15) is 0 Å². The molecule has 0 radical (unpaired) electrons. The number of hydrogen-bond acceptors (Lipinski definition) is 6. The molecule has 0 bridgehead atoms. The average Bonchev–Trinajstić information content (AvgIpc) is 2.34. The molecule has 0 unspecified atom stereocenters. The molecular formula is C14H34N2O6. The van der Waals surface area contributed by atoms with Gasteiger partial charge in [-0.1, -0.05) is 0 Å². The highest BCUT2D eigenvalue weighted by atomic mass is 16.7. The van der Waals surface area contributed by atoms with Crippen LogP contribution in [0.4, 0.5) is 9.59 Å². The van der Waals surface area contributed by atoms with Crippen molar-refractivity contribution in [3.63, 3.8) is 0 Å². The van der Waals surface area contributed by atoms with E-state index in [1.807, 2.05) is 0 Å². The van der Waals surface area contributed by atoms with E-state index in [0.717, 1.165) is 0 Å². The first-order chi connectivity index (χ1) is 9.25. The summed E-state index contributed by atoms with van der Waals surface area (Å²) in [6, 6.07) is 0. The van der Waals surface area contributed by atoms with Crippen molar-refractivity contribution in [2.75, 3.05) is 0 Å². The lowest BCUT2D eigenvalue weighted by atomic mass is 10.5. The van der Waals surface area contributed by atoms with Gasteiger partial charge in [0.25, 0.3) is 12.3 Å². The number of carboxylic acid groups (broad SMARTS) is 2. The van der Waals surface area contributed by atoms with Crippen molar-refractivity contribution in [2.24, 2.45) is 0 Å². The Morgan fingerprint density at radius 2 is 0.818 bits per heavy atom. The molecule has 0 saturated carbocycles. The Balaban J connectivity index is -0.0000000285. The first-order valence-electron chi connectivity index (χ1n) is 5.51. The second-order valence-electron chi connectivity index (χ2n) is 2.83. The van der Waals surface area contributed by atoms with Crippen molar-refractivity contribution < 1.29 is 29.3 Å².